The fraction of sp³-hybridized carbons (Fsp3) is 0.471. The van der Waals surface area contributed by atoms with Gasteiger partial charge >= 0.3 is 5.97 Å². The van der Waals surface area contributed by atoms with Crippen LogP contribution >= 0.6 is 22.7 Å². The number of nitrogens with zero attached hydrogens (tertiary/aromatic N) is 1. The summed E-state index contributed by atoms with van der Waals surface area (Å²) in [5.74, 6) is -0.216. The number of hydrogen-bond acceptors (Lipinski definition) is 6. The molecule has 0 bridgehead atoms. The smallest absolute Gasteiger partial charge is 0.305 e. The topological polar surface area (TPSA) is 68.3 Å². The maximum absolute atomic E-state index is 12.3. The molecular formula is C17H22N2O3S2. The molecule has 0 aliphatic carbocycles. The number of amides is 1. The largest absolute Gasteiger partial charge is 0.469 e. The van der Waals surface area contributed by atoms with Crippen molar-refractivity contribution >= 4 is 34.6 Å². The van der Waals surface area contributed by atoms with E-state index in [1.54, 1.807) is 11.3 Å². The summed E-state index contributed by atoms with van der Waals surface area (Å²) in [7, 11) is 1.41. The van der Waals surface area contributed by atoms with Crippen molar-refractivity contribution in [3.8, 4) is 10.6 Å². The van der Waals surface area contributed by atoms with Gasteiger partial charge in [-0.05, 0) is 31.2 Å². The third-order valence-electron chi connectivity index (χ3n) is 3.59. The number of carbonyl (C=O) groups is 2. The summed E-state index contributed by atoms with van der Waals surface area (Å²) >= 11 is 3.06. The highest BCUT2D eigenvalue weighted by Crippen LogP contribution is 2.29. The lowest BCUT2D eigenvalue weighted by Crippen LogP contribution is -2.24. The molecule has 1 amide bonds. The van der Waals surface area contributed by atoms with E-state index in [2.05, 4.69) is 15.0 Å². The molecule has 2 rings (SSSR count). The van der Waals surface area contributed by atoms with E-state index < -0.39 is 0 Å². The Morgan fingerprint density at radius 1 is 1.25 bits per heavy atom. The minimum Gasteiger partial charge on any atom is -0.469 e. The lowest BCUT2D eigenvalue weighted by atomic mass is 10.1. The van der Waals surface area contributed by atoms with Crippen molar-refractivity contribution in [3.05, 3.63) is 27.4 Å². The number of carbonyl (C=O) groups excluding carboxylic acids is 2. The summed E-state index contributed by atoms with van der Waals surface area (Å²) in [5, 5.41) is 7.88. The first-order valence-corrected chi connectivity index (χ1v) is 9.72. The zero-order valence-electron chi connectivity index (χ0n) is 14.0. The number of thiazole rings is 1. The van der Waals surface area contributed by atoms with Crippen LogP contribution in [0.3, 0.4) is 0 Å². The molecule has 0 aromatic carbocycles. The Morgan fingerprint density at radius 2 is 2.04 bits per heavy atom. The predicted octanol–water partition coefficient (Wildman–Crippen LogP) is 4.03. The zero-order chi connectivity index (χ0) is 17.4. The number of unbranched alkanes of at least 4 members (excludes halogenated alkanes) is 3. The van der Waals surface area contributed by atoms with Crippen LogP contribution in [0.25, 0.3) is 10.6 Å². The van der Waals surface area contributed by atoms with E-state index in [9.17, 15) is 9.59 Å². The summed E-state index contributed by atoms with van der Waals surface area (Å²) < 4.78 is 4.60. The number of rotatable bonds is 9. The molecule has 2 aromatic heterocycles. The fourth-order valence-corrected chi connectivity index (χ4v) is 3.94. The van der Waals surface area contributed by atoms with E-state index in [0.29, 0.717) is 17.8 Å². The van der Waals surface area contributed by atoms with Crippen molar-refractivity contribution < 1.29 is 14.3 Å². The van der Waals surface area contributed by atoms with Gasteiger partial charge in [-0.15, -0.1) is 11.3 Å². The first-order valence-electron chi connectivity index (χ1n) is 7.97. The van der Waals surface area contributed by atoms with E-state index in [-0.39, 0.29) is 11.9 Å². The highest BCUT2D eigenvalue weighted by Gasteiger charge is 2.15. The third kappa shape index (κ3) is 5.42. The molecule has 0 spiro atoms. The van der Waals surface area contributed by atoms with Crippen LogP contribution in [0.1, 0.15) is 47.5 Å². The minimum atomic E-state index is -0.162. The molecule has 0 aliphatic rings. The SMILES string of the molecule is COC(=O)CCCCCCNC(=O)c1sc(-c2ccsc2)nc1C. The predicted molar refractivity (Wildman–Crippen MR) is 97.6 cm³/mol. The van der Waals surface area contributed by atoms with Gasteiger partial charge in [-0.25, -0.2) is 4.98 Å². The molecule has 0 saturated heterocycles. The van der Waals surface area contributed by atoms with Gasteiger partial charge in [-0.2, -0.15) is 11.3 Å². The molecule has 24 heavy (non-hydrogen) atoms. The van der Waals surface area contributed by atoms with Gasteiger partial charge in [0.1, 0.15) is 9.88 Å². The van der Waals surface area contributed by atoms with Crippen LogP contribution in [-0.2, 0) is 9.53 Å². The van der Waals surface area contributed by atoms with Crippen LogP contribution in [0.4, 0.5) is 0 Å². The van der Waals surface area contributed by atoms with Gasteiger partial charge in [0.15, 0.2) is 0 Å². The van der Waals surface area contributed by atoms with E-state index in [0.717, 1.165) is 41.9 Å². The van der Waals surface area contributed by atoms with Crippen LogP contribution in [0.5, 0.6) is 0 Å². The number of hydrogen-bond donors (Lipinski definition) is 1. The number of aromatic nitrogens is 1. The monoisotopic (exact) mass is 366 g/mol. The van der Waals surface area contributed by atoms with E-state index in [1.807, 2.05) is 23.8 Å². The van der Waals surface area contributed by atoms with Gasteiger partial charge in [0.25, 0.3) is 5.91 Å². The molecular weight excluding hydrogens is 344 g/mol. The molecule has 7 heteroatoms. The number of thiophene rings is 1. The quantitative estimate of drug-likeness (QED) is 0.537. The van der Waals surface area contributed by atoms with Gasteiger partial charge in [0.2, 0.25) is 0 Å². The Balaban J connectivity index is 1.70. The number of nitrogens with one attached hydrogen (secondary N) is 1. The van der Waals surface area contributed by atoms with Crippen molar-refractivity contribution in [1.29, 1.82) is 0 Å². The van der Waals surface area contributed by atoms with Crippen LogP contribution in [0, 0.1) is 6.92 Å². The molecule has 0 saturated carbocycles. The Kier molecular flexibility index (Phi) is 7.39. The van der Waals surface area contributed by atoms with Gasteiger partial charge < -0.3 is 10.1 Å². The molecule has 2 heterocycles. The first kappa shape index (κ1) is 18.6. The second-order valence-corrected chi connectivity index (χ2v) is 7.22. The number of methoxy groups -OCH3 is 1. The van der Waals surface area contributed by atoms with Gasteiger partial charge in [-0.1, -0.05) is 12.8 Å². The summed E-state index contributed by atoms with van der Waals surface area (Å²) in [6.07, 6.45) is 4.15. The van der Waals surface area contributed by atoms with Crippen LogP contribution in [-0.4, -0.2) is 30.5 Å². The molecule has 5 nitrogen and oxygen atoms in total. The zero-order valence-corrected chi connectivity index (χ0v) is 15.6. The van der Waals surface area contributed by atoms with Gasteiger partial charge in [-0.3, -0.25) is 9.59 Å². The van der Waals surface area contributed by atoms with E-state index in [4.69, 9.17) is 0 Å². The van der Waals surface area contributed by atoms with Crippen molar-refractivity contribution in [2.75, 3.05) is 13.7 Å². The first-order chi connectivity index (χ1) is 11.6. The maximum atomic E-state index is 12.3. The van der Waals surface area contributed by atoms with Crippen molar-refractivity contribution in [1.82, 2.24) is 10.3 Å². The highest BCUT2D eigenvalue weighted by molar-refractivity contribution is 7.17. The second-order valence-electron chi connectivity index (χ2n) is 5.44. The lowest BCUT2D eigenvalue weighted by molar-refractivity contribution is -0.140. The average Bonchev–Trinajstić information content (AvgIpc) is 3.22. The molecule has 2 aromatic rings. The number of aryl methyl sites for hydroxylation is 1. The average molecular weight is 367 g/mol. The van der Waals surface area contributed by atoms with Crippen LogP contribution < -0.4 is 5.32 Å². The van der Waals surface area contributed by atoms with Gasteiger partial charge in [0.05, 0.1) is 12.8 Å². The van der Waals surface area contributed by atoms with Crippen molar-refractivity contribution in [2.24, 2.45) is 0 Å². The maximum Gasteiger partial charge on any atom is 0.305 e. The summed E-state index contributed by atoms with van der Waals surface area (Å²) in [6, 6.07) is 2.01. The minimum absolute atomic E-state index is 0.0546. The van der Waals surface area contributed by atoms with Crippen LogP contribution in [0.15, 0.2) is 16.8 Å². The highest BCUT2D eigenvalue weighted by atomic mass is 32.1. The van der Waals surface area contributed by atoms with Gasteiger partial charge in [0, 0.05) is 23.9 Å². The number of esters is 1. The summed E-state index contributed by atoms with van der Waals surface area (Å²) in [6.45, 7) is 2.51. The number of ether oxygens (including phenoxy) is 1. The van der Waals surface area contributed by atoms with Crippen LogP contribution in [0.2, 0.25) is 0 Å². The fourth-order valence-electron chi connectivity index (χ4n) is 2.25. The summed E-state index contributed by atoms with van der Waals surface area (Å²) in [4.78, 5) is 28.4. The Hall–Kier alpha value is -1.73. The van der Waals surface area contributed by atoms with Crippen molar-refractivity contribution in [2.45, 2.75) is 39.0 Å². The Morgan fingerprint density at radius 3 is 2.75 bits per heavy atom. The van der Waals surface area contributed by atoms with Crippen molar-refractivity contribution in [3.63, 3.8) is 0 Å². The molecule has 0 radical (unpaired) electrons. The molecule has 0 atom stereocenters. The molecule has 130 valence electrons. The second kappa shape index (κ2) is 9.54. The normalized spacial score (nSPS) is 10.6. The Labute approximate surface area is 150 Å². The molecule has 0 fully saturated rings. The standard InChI is InChI=1S/C17H22N2O3S2/c1-12-15(24-17(19-12)13-8-10-23-11-13)16(21)18-9-6-4-3-5-7-14(20)22-2/h8,10-11H,3-7,9H2,1-2H3,(H,18,21). The molecule has 0 aliphatic heterocycles. The van der Waals surface area contributed by atoms with E-state index >= 15 is 0 Å². The lowest BCUT2D eigenvalue weighted by Gasteiger charge is -2.04. The van der Waals surface area contributed by atoms with E-state index in [1.165, 1.54) is 18.4 Å². The summed E-state index contributed by atoms with van der Waals surface area (Å²) in [5.41, 5.74) is 1.84. The molecule has 1 N–H and O–H groups in total. The third-order valence-corrected chi connectivity index (χ3v) is 5.48. The molecule has 0 unspecified atom stereocenters. The Bertz CT molecular complexity index is 665.